The minimum absolute atomic E-state index is 0.00708. The zero-order valence-corrected chi connectivity index (χ0v) is 21.9. The summed E-state index contributed by atoms with van der Waals surface area (Å²) in [4.78, 5) is 29.0. The van der Waals surface area contributed by atoms with Gasteiger partial charge in [-0.15, -0.1) is 0 Å². The van der Waals surface area contributed by atoms with Crippen LogP contribution in [0.4, 0.5) is 0 Å². The molecule has 0 fully saturated rings. The quantitative estimate of drug-likeness (QED) is 0.350. The van der Waals surface area contributed by atoms with E-state index in [1.165, 1.54) is 0 Å². The molecule has 0 aromatic heterocycles. The van der Waals surface area contributed by atoms with E-state index in [0.29, 0.717) is 41.0 Å². The summed E-state index contributed by atoms with van der Waals surface area (Å²) in [6.45, 7) is 6.94. The molecule has 6 heteroatoms. The SMILES string of the molecule is Cc1ccccc1CN(C(=O)Cc1c(Cl)cccc1Cl)[C@H](Cc1ccccc1)C(=O)NCC(C)C. The molecule has 0 aliphatic heterocycles. The molecule has 35 heavy (non-hydrogen) atoms. The number of rotatable bonds is 10. The maximum absolute atomic E-state index is 13.8. The first-order chi connectivity index (χ1) is 16.8. The van der Waals surface area contributed by atoms with Crippen molar-refractivity contribution in [2.75, 3.05) is 6.54 Å². The first kappa shape index (κ1) is 26.8. The van der Waals surface area contributed by atoms with Gasteiger partial charge in [-0.05, 0) is 47.2 Å². The molecule has 184 valence electrons. The van der Waals surface area contributed by atoms with Crippen LogP contribution in [0.3, 0.4) is 0 Å². The van der Waals surface area contributed by atoms with Crippen molar-refractivity contribution in [1.82, 2.24) is 10.2 Å². The number of nitrogens with zero attached hydrogens (tertiary/aromatic N) is 1. The Kier molecular flexibility index (Phi) is 9.76. The van der Waals surface area contributed by atoms with Gasteiger partial charge in [0.1, 0.15) is 6.04 Å². The largest absolute Gasteiger partial charge is 0.354 e. The van der Waals surface area contributed by atoms with Gasteiger partial charge >= 0.3 is 0 Å². The zero-order valence-electron chi connectivity index (χ0n) is 20.4. The van der Waals surface area contributed by atoms with Gasteiger partial charge in [0, 0.05) is 29.6 Å². The Hall–Kier alpha value is -2.82. The predicted octanol–water partition coefficient (Wildman–Crippen LogP) is 6.26. The summed E-state index contributed by atoms with van der Waals surface area (Å²) in [5.41, 5.74) is 3.59. The second-order valence-electron chi connectivity index (χ2n) is 9.17. The van der Waals surface area contributed by atoms with Gasteiger partial charge in [-0.1, -0.05) is 97.7 Å². The van der Waals surface area contributed by atoms with E-state index in [0.717, 1.165) is 16.7 Å². The number of carbonyl (C=O) groups is 2. The lowest BCUT2D eigenvalue weighted by Gasteiger charge is -2.32. The average molecular weight is 511 g/mol. The fourth-order valence-corrected chi connectivity index (χ4v) is 4.43. The number of carbonyl (C=O) groups excluding carboxylic acids is 2. The van der Waals surface area contributed by atoms with Crippen molar-refractivity contribution in [3.05, 3.63) is 105 Å². The molecule has 0 spiro atoms. The number of hydrogen-bond donors (Lipinski definition) is 1. The molecule has 0 saturated heterocycles. The van der Waals surface area contributed by atoms with E-state index in [-0.39, 0.29) is 18.2 Å². The van der Waals surface area contributed by atoms with E-state index >= 15 is 0 Å². The predicted molar refractivity (Wildman–Crippen MR) is 144 cm³/mol. The van der Waals surface area contributed by atoms with Crippen LogP contribution >= 0.6 is 23.2 Å². The summed E-state index contributed by atoms with van der Waals surface area (Å²) in [7, 11) is 0. The van der Waals surface area contributed by atoms with E-state index in [9.17, 15) is 9.59 Å². The van der Waals surface area contributed by atoms with Crippen LogP contribution in [0.1, 0.15) is 36.1 Å². The minimum atomic E-state index is -0.690. The number of nitrogens with one attached hydrogen (secondary N) is 1. The molecule has 0 aliphatic carbocycles. The van der Waals surface area contributed by atoms with Crippen molar-refractivity contribution in [2.45, 2.75) is 46.2 Å². The van der Waals surface area contributed by atoms with E-state index in [4.69, 9.17) is 23.2 Å². The molecule has 4 nitrogen and oxygen atoms in total. The lowest BCUT2D eigenvalue weighted by atomic mass is 10.00. The molecule has 0 radical (unpaired) electrons. The third-order valence-corrected chi connectivity index (χ3v) is 6.66. The maximum atomic E-state index is 13.8. The smallest absolute Gasteiger partial charge is 0.243 e. The van der Waals surface area contributed by atoms with Crippen LogP contribution in [-0.4, -0.2) is 29.3 Å². The molecule has 0 aliphatic rings. The van der Waals surface area contributed by atoms with Crippen LogP contribution in [0.5, 0.6) is 0 Å². The van der Waals surface area contributed by atoms with Crippen molar-refractivity contribution < 1.29 is 9.59 Å². The molecule has 0 heterocycles. The molecule has 0 unspecified atom stereocenters. The highest BCUT2D eigenvalue weighted by Crippen LogP contribution is 2.26. The van der Waals surface area contributed by atoms with Gasteiger partial charge in [0.15, 0.2) is 0 Å². The number of amides is 2. The second kappa shape index (κ2) is 12.8. The summed E-state index contributed by atoms with van der Waals surface area (Å²) < 4.78 is 0. The van der Waals surface area contributed by atoms with Crippen LogP contribution in [-0.2, 0) is 29.0 Å². The minimum Gasteiger partial charge on any atom is -0.354 e. The highest BCUT2D eigenvalue weighted by atomic mass is 35.5. The number of halogens is 2. The molecular formula is C29H32Cl2N2O2. The van der Waals surface area contributed by atoms with E-state index < -0.39 is 6.04 Å². The third kappa shape index (κ3) is 7.58. The van der Waals surface area contributed by atoms with Gasteiger partial charge in [-0.2, -0.15) is 0 Å². The molecule has 0 bridgehead atoms. The van der Waals surface area contributed by atoms with Gasteiger partial charge < -0.3 is 10.2 Å². The highest BCUT2D eigenvalue weighted by Gasteiger charge is 2.31. The molecule has 3 rings (SSSR count). The van der Waals surface area contributed by atoms with Crippen LogP contribution in [0.25, 0.3) is 0 Å². The molecule has 0 saturated carbocycles. The zero-order chi connectivity index (χ0) is 25.4. The van der Waals surface area contributed by atoms with Crippen LogP contribution in [0.15, 0.2) is 72.8 Å². The molecule has 2 amide bonds. The Morgan fingerprint density at radius 1 is 0.886 bits per heavy atom. The Labute approximate surface area is 218 Å². The van der Waals surface area contributed by atoms with Gasteiger partial charge in [0.25, 0.3) is 0 Å². The lowest BCUT2D eigenvalue weighted by molar-refractivity contribution is -0.140. The Balaban J connectivity index is 2.01. The van der Waals surface area contributed by atoms with Crippen LogP contribution in [0, 0.1) is 12.8 Å². The van der Waals surface area contributed by atoms with Crippen molar-refractivity contribution >= 4 is 35.0 Å². The van der Waals surface area contributed by atoms with Gasteiger partial charge in [0.05, 0.1) is 6.42 Å². The second-order valence-corrected chi connectivity index (χ2v) is 9.98. The van der Waals surface area contributed by atoms with Crippen molar-refractivity contribution in [2.24, 2.45) is 5.92 Å². The third-order valence-electron chi connectivity index (χ3n) is 5.95. The summed E-state index contributed by atoms with van der Waals surface area (Å²) >= 11 is 12.8. The summed E-state index contributed by atoms with van der Waals surface area (Å²) in [6, 6.07) is 22.2. The van der Waals surface area contributed by atoms with Crippen molar-refractivity contribution in [3.63, 3.8) is 0 Å². The van der Waals surface area contributed by atoms with Crippen LogP contribution in [0.2, 0.25) is 10.0 Å². The number of hydrogen-bond acceptors (Lipinski definition) is 2. The van der Waals surface area contributed by atoms with E-state index in [1.807, 2.05) is 75.4 Å². The Morgan fingerprint density at radius 3 is 2.14 bits per heavy atom. The standard InChI is InChI=1S/C29H32Cl2N2O2/c1-20(2)18-32-29(35)27(16-22-11-5-4-6-12-22)33(19-23-13-8-7-10-21(23)3)28(34)17-24-25(30)14-9-15-26(24)31/h4-15,20,27H,16-19H2,1-3H3,(H,32,35)/t27-/m1/s1. The van der Waals surface area contributed by atoms with Crippen molar-refractivity contribution in [1.29, 1.82) is 0 Å². The topological polar surface area (TPSA) is 49.4 Å². The lowest BCUT2D eigenvalue weighted by Crippen LogP contribution is -2.51. The van der Waals surface area contributed by atoms with Gasteiger partial charge in [-0.3, -0.25) is 9.59 Å². The summed E-state index contributed by atoms with van der Waals surface area (Å²) in [6.07, 6.45) is 0.409. The summed E-state index contributed by atoms with van der Waals surface area (Å²) in [5.74, 6) is -0.0857. The van der Waals surface area contributed by atoms with E-state index in [1.54, 1.807) is 23.1 Å². The Morgan fingerprint density at radius 2 is 1.51 bits per heavy atom. The Bertz CT molecular complexity index is 1130. The number of benzene rings is 3. The molecule has 3 aromatic carbocycles. The fourth-order valence-electron chi connectivity index (χ4n) is 3.90. The van der Waals surface area contributed by atoms with Crippen molar-refractivity contribution in [3.8, 4) is 0 Å². The molecule has 1 atom stereocenters. The molecule has 1 N–H and O–H groups in total. The van der Waals surface area contributed by atoms with Crippen LogP contribution < -0.4 is 5.32 Å². The fraction of sp³-hybridized carbons (Fsp3) is 0.310. The maximum Gasteiger partial charge on any atom is 0.243 e. The number of aryl methyl sites for hydroxylation is 1. The van der Waals surface area contributed by atoms with Gasteiger partial charge in [0.2, 0.25) is 11.8 Å². The highest BCUT2D eigenvalue weighted by molar-refractivity contribution is 6.36. The van der Waals surface area contributed by atoms with E-state index in [2.05, 4.69) is 5.32 Å². The normalized spacial score (nSPS) is 11.8. The first-order valence-electron chi connectivity index (χ1n) is 11.8. The first-order valence-corrected chi connectivity index (χ1v) is 12.6. The average Bonchev–Trinajstić information content (AvgIpc) is 2.83. The molecular weight excluding hydrogens is 479 g/mol. The summed E-state index contributed by atoms with van der Waals surface area (Å²) in [5, 5.41) is 3.91. The molecule has 3 aromatic rings. The monoisotopic (exact) mass is 510 g/mol. The van der Waals surface area contributed by atoms with Gasteiger partial charge in [-0.25, -0.2) is 0 Å².